The van der Waals surface area contributed by atoms with Crippen molar-refractivity contribution >= 4 is 60.2 Å². The second-order valence-electron chi connectivity index (χ2n) is 12.5. The molecule has 1 aliphatic carbocycles. The van der Waals surface area contributed by atoms with Crippen molar-refractivity contribution in [3.05, 3.63) is 163 Å². The Balaban J connectivity index is 1.34. The van der Waals surface area contributed by atoms with Crippen LogP contribution in [-0.4, -0.2) is 0 Å². The van der Waals surface area contributed by atoms with Gasteiger partial charge in [0.25, 0.3) is 0 Å². The first kappa shape index (κ1) is 25.1. The molecule has 0 aliphatic heterocycles. The minimum absolute atomic E-state index is 0.194. The quantitative estimate of drug-likeness (QED) is 0.194. The van der Waals surface area contributed by atoms with Gasteiger partial charge in [-0.3, -0.25) is 0 Å². The van der Waals surface area contributed by atoms with Gasteiger partial charge in [0.1, 0.15) is 0 Å². The van der Waals surface area contributed by atoms with E-state index in [4.69, 9.17) is 0 Å². The highest BCUT2D eigenvalue weighted by Gasteiger charge is 2.38. The van der Waals surface area contributed by atoms with Crippen LogP contribution in [0.15, 0.2) is 152 Å². The van der Waals surface area contributed by atoms with E-state index < -0.39 is 0 Å². The standard InChI is InChI=1S/C43H31N/c1-43(2)39-27-31(44(29-14-5-3-6-15-29)30-16-7-4-8-17-30)22-24-34(39)37-25-26-38-40-32-18-10-9-13-28(32)21-23-36(40)33-19-11-12-20-35(33)41(38)42(37)43/h3-27H,1-2H3. The summed E-state index contributed by atoms with van der Waals surface area (Å²) in [6, 6.07) is 55.6. The van der Waals surface area contributed by atoms with Gasteiger partial charge in [-0.25, -0.2) is 0 Å². The van der Waals surface area contributed by atoms with Crippen molar-refractivity contribution in [3.8, 4) is 11.1 Å². The van der Waals surface area contributed by atoms with Gasteiger partial charge in [0, 0.05) is 22.5 Å². The summed E-state index contributed by atoms with van der Waals surface area (Å²) < 4.78 is 0. The molecule has 1 aliphatic rings. The average Bonchev–Trinajstić information content (AvgIpc) is 3.31. The Labute approximate surface area is 257 Å². The van der Waals surface area contributed by atoms with E-state index in [1.165, 1.54) is 71.0 Å². The molecule has 0 heterocycles. The van der Waals surface area contributed by atoms with E-state index in [0.29, 0.717) is 0 Å². The maximum absolute atomic E-state index is 2.43. The van der Waals surface area contributed by atoms with Gasteiger partial charge in [-0.15, -0.1) is 0 Å². The number of benzene rings is 8. The Hall–Kier alpha value is -5.40. The summed E-state index contributed by atoms with van der Waals surface area (Å²) in [4.78, 5) is 2.37. The van der Waals surface area contributed by atoms with Crippen molar-refractivity contribution in [2.24, 2.45) is 0 Å². The van der Waals surface area contributed by atoms with Crippen molar-refractivity contribution in [3.63, 3.8) is 0 Å². The summed E-state index contributed by atoms with van der Waals surface area (Å²) in [5.74, 6) is 0. The third-order valence-corrected chi connectivity index (χ3v) is 9.77. The van der Waals surface area contributed by atoms with Gasteiger partial charge < -0.3 is 4.90 Å². The monoisotopic (exact) mass is 561 g/mol. The van der Waals surface area contributed by atoms with Crippen LogP contribution in [-0.2, 0) is 5.41 Å². The Morgan fingerprint density at radius 3 is 1.70 bits per heavy atom. The zero-order valence-electron chi connectivity index (χ0n) is 24.9. The Morgan fingerprint density at radius 2 is 0.977 bits per heavy atom. The van der Waals surface area contributed by atoms with Crippen LogP contribution in [0.5, 0.6) is 0 Å². The van der Waals surface area contributed by atoms with Gasteiger partial charge in [-0.05, 0) is 102 Å². The van der Waals surface area contributed by atoms with Crippen LogP contribution in [0.3, 0.4) is 0 Å². The van der Waals surface area contributed by atoms with Crippen molar-refractivity contribution < 1.29 is 0 Å². The molecule has 0 radical (unpaired) electrons. The highest BCUT2D eigenvalue weighted by Crippen LogP contribution is 2.55. The molecule has 0 N–H and O–H groups in total. The second kappa shape index (κ2) is 9.30. The van der Waals surface area contributed by atoms with Crippen molar-refractivity contribution in [2.45, 2.75) is 19.3 Å². The average molecular weight is 562 g/mol. The predicted octanol–water partition coefficient (Wildman–Crippen LogP) is 12.1. The van der Waals surface area contributed by atoms with E-state index in [-0.39, 0.29) is 5.41 Å². The summed E-state index contributed by atoms with van der Waals surface area (Å²) in [5, 5.41) is 10.6. The zero-order chi connectivity index (χ0) is 29.4. The highest BCUT2D eigenvalue weighted by molar-refractivity contribution is 6.32. The molecule has 0 unspecified atom stereocenters. The van der Waals surface area contributed by atoms with Crippen LogP contribution in [0, 0.1) is 0 Å². The lowest BCUT2D eigenvalue weighted by Crippen LogP contribution is -2.17. The van der Waals surface area contributed by atoms with E-state index in [9.17, 15) is 0 Å². The van der Waals surface area contributed by atoms with Crippen LogP contribution in [0.25, 0.3) is 54.2 Å². The minimum atomic E-state index is -0.194. The number of rotatable bonds is 3. The third kappa shape index (κ3) is 3.47. The number of hydrogen-bond acceptors (Lipinski definition) is 1. The molecule has 1 heteroatoms. The van der Waals surface area contributed by atoms with Crippen molar-refractivity contribution in [1.82, 2.24) is 0 Å². The van der Waals surface area contributed by atoms with Gasteiger partial charge in [0.2, 0.25) is 0 Å². The molecule has 0 amide bonds. The van der Waals surface area contributed by atoms with Gasteiger partial charge >= 0.3 is 0 Å². The van der Waals surface area contributed by atoms with E-state index in [1.807, 2.05) is 0 Å². The first-order valence-electron chi connectivity index (χ1n) is 15.5. The number of hydrogen-bond donors (Lipinski definition) is 0. The van der Waals surface area contributed by atoms with E-state index in [2.05, 4.69) is 170 Å². The van der Waals surface area contributed by atoms with Crippen LogP contribution in [0.2, 0.25) is 0 Å². The summed E-state index contributed by atoms with van der Waals surface area (Å²) in [6.45, 7) is 4.83. The number of fused-ring (bicyclic) bond motifs is 12. The molecule has 8 aromatic rings. The van der Waals surface area contributed by atoms with Crippen LogP contribution < -0.4 is 4.90 Å². The lowest BCUT2D eigenvalue weighted by molar-refractivity contribution is 0.666. The molecule has 1 nitrogen and oxygen atoms in total. The van der Waals surface area contributed by atoms with Gasteiger partial charge in [0.05, 0.1) is 0 Å². The van der Waals surface area contributed by atoms with Crippen LogP contribution in [0.4, 0.5) is 17.1 Å². The first-order chi connectivity index (χ1) is 21.6. The lowest BCUT2D eigenvalue weighted by atomic mass is 9.78. The van der Waals surface area contributed by atoms with E-state index >= 15 is 0 Å². The molecule has 44 heavy (non-hydrogen) atoms. The van der Waals surface area contributed by atoms with E-state index in [0.717, 1.165) is 11.4 Å². The number of nitrogens with zero attached hydrogens (tertiary/aromatic N) is 1. The fraction of sp³-hybridized carbons (Fsp3) is 0.0698. The topological polar surface area (TPSA) is 3.24 Å². The smallest absolute Gasteiger partial charge is 0.0465 e. The lowest BCUT2D eigenvalue weighted by Gasteiger charge is -2.28. The molecular formula is C43H31N. The van der Waals surface area contributed by atoms with Gasteiger partial charge in [0.15, 0.2) is 0 Å². The predicted molar refractivity (Wildman–Crippen MR) is 189 cm³/mol. The normalized spacial score (nSPS) is 13.4. The maximum Gasteiger partial charge on any atom is 0.0465 e. The van der Waals surface area contributed by atoms with Crippen molar-refractivity contribution in [2.75, 3.05) is 4.90 Å². The van der Waals surface area contributed by atoms with Crippen LogP contribution in [0.1, 0.15) is 25.0 Å². The minimum Gasteiger partial charge on any atom is -0.310 e. The molecule has 0 saturated heterocycles. The van der Waals surface area contributed by atoms with Gasteiger partial charge in [-0.2, -0.15) is 0 Å². The zero-order valence-corrected chi connectivity index (χ0v) is 24.9. The summed E-state index contributed by atoms with van der Waals surface area (Å²) in [5.41, 5.74) is 8.77. The first-order valence-corrected chi connectivity index (χ1v) is 15.5. The molecule has 9 rings (SSSR count). The molecule has 0 fully saturated rings. The molecule has 0 bridgehead atoms. The Kier molecular flexibility index (Phi) is 5.31. The second-order valence-corrected chi connectivity index (χ2v) is 12.5. The largest absolute Gasteiger partial charge is 0.310 e. The van der Waals surface area contributed by atoms with E-state index in [1.54, 1.807) is 0 Å². The highest BCUT2D eigenvalue weighted by atomic mass is 15.1. The molecule has 0 saturated carbocycles. The molecule has 0 aromatic heterocycles. The molecule has 0 atom stereocenters. The Bertz CT molecular complexity index is 2360. The fourth-order valence-electron chi connectivity index (χ4n) is 7.85. The SMILES string of the molecule is CC1(C)c2cc(N(c3ccccc3)c3ccccc3)ccc2-c2ccc3c(c21)c1ccccc1c1ccc2ccccc2c13. The summed E-state index contributed by atoms with van der Waals surface area (Å²) >= 11 is 0. The number of anilines is 3. The molecule has 208 valence electrons. The molecule has 8 aromatic carbocycles. The van der Waals surface area contributed by atoms with Gasteiger partial charge in [-0.1, -0.05) is 129 Å². The number of para-hydroxylation sites is 2. The maximum atomic E-state index is 2.43. The Morgan fingerprint density at radius 1 is 0.409 bits per heavy atom. The van der Waals surface area contributed by atoms with Crippen LogP contribution >= 0.6 is 0 Å². The third-order valence-electron chi connectivity index (χ3n) is 9.77. The van der Waals surface area contributed by atoms with Crippen molar-refractivity contribution in [1.29, 1.82) is 0 Å². The summed E-state index contributed by atoms with van der Waals surface area (Å²) in [6.07, 6.45) is 0. The molecular weight excluding hydrogens is 530 g/mol. The molecule has 0 spiro atoms. The summed E-state index contributed by atoms with van der Waals surface area (Å²) in [7, 11) is 0. The fourth-order valence-corrected chi connectivity index (χ4v) is 7.85.